The SMILES string of the molecule is CCC(C)C1CCCCCC(C)C1(CC)CC. The van der Waals surface area contributed by atoms with Crippen molar-refractivity contribution in [1.29, 1.82) is 0 Å². The van der Waals surface area contributed by atoms with Crippen LogP contribution in [0.1, 0.15) is 86.0 Å². The number of rotatable bonds is 4. The van der Waals surface area contributed by atoms with Gasteiger partial charge in [-0.3, -0.25) is 0 Å². The molecule has 0 bridgehead atoms. The summed E-state index contributed by atoms with van der Waals surface area (Å²) in [6, 6.07) is 0. The van der Waals surface area contributed by atoms with E-state index < -0.39 is 0 Å². The molecule has 0 radical (unpaired) electrons. The maximum Gasteiger partial charge on any atom is -0.0246 e. The first-order chi connectivity index (χ1) is 8.12. The third-order valence-electron chi connectivity index (χ3n) is 6.02. The van der Waals surface area contributed by atoms with E-state index in [-0.39, 0.29) is 0 Å². The van der Waals surface area contributed by atoms with Crippen molar-refractivity contribution in [3.05, 3.63) is 0 Å². The zero-order chi connectivity index (χ0) is 12.9. The molecule has 0 amide bonds. The Morgan fingerprint density at radius 2 is 1.59 bits per heavy atom. The standard InChI is InChI=1S/C17H34/c1-6-14(4)16-13-11-9-10-12-15(5)17(16,7-2)8-3/h14-16H,6-13H2,1-5H3. The molecule has 3 atom stereocenters. The van der Waals surface area contributed by atoms with Crippen molar-refractivity contribution in [2.45, 2.75) is 86.0 Å². The lowest BCUT2D eigenvalue weighted by Crippen LogP contribution is -2.40. The molecule has 0 saturated heterocycles. The molecule has 1 aliphatic carbocycles. The van der Waals surface area contributed by atoms with Crippen molar-refractivity contribution in [2.24, 2.45) is 23.2 Å². The van der Waals surface area contributed by atoms with E-state index in [0.717, 1.165) is 17.8 Å². The number of hydrogen-bond donors (Lipinski definition) is 0. The molecule has 0 aromatic carbocycles. The van der Waals surface area contributed by atoms with E-state index in [0.29, 0.717) is 5.41 Å². The Kier molecular flexibility index (Phi) is 6.03. The van der Waals surface area contributed by atoms with Gasteiger partial charge in [-0.2, -0.15) is 0 Å². The molecule has 0 aromatic heterocycles. The fraction of sp³-hybridized carbons (Fsp3) is 1.00. The fourth-order valence-electron chi connectivity index (χ4n) is 4.54. The quantitative estimate of drug-likeness (QED) is 0.559. The lowest BCUT2D eigenvalue weighted by molar-refractivity contribution is 0.0110. The average molecular weight is 238 g/mol. The molecule has 0 N–H and O–H groups in total. The normalized spacial score (nSPS) is 31.6. The van der Waals surface area contributed by atoms with Gasteiger partial charge < -0.3 is 0 Å². The molecule has 1 rings (SSSR count). The molecule has 0 spiro atoms. The van der Waals surface area contributed by atoms with Gasteiger partial charge in [-0.1, -0.05) is 66.7 Å². The van der Waals surface area contributed by atoms with Crippen LogP contribution in [0.4, 0.5) is 0 Å². The molecule has 0 aromatic rings. The zero-order valence-corrected chi connectivity index (χ0v) is 12.9. The molecule has 1 saturated carbocycles. The van der Waals surface area contributed by atoms with Gasteiger partial charge in [-0.05, 0) is 42.4 Å². The van der Waals surface area contributed by atoms with Gasteiger partial charge in [0.05, 0.1) is 0 Å². The van der Waals surface area contributed by atoms with Crippen LogP contribution < -0.4 is 0 Å². The highest BCUT2D eigenvalue weighted by Crippen LogP contribution is 2.51. The Balaban J connectivity index is 2.98. The van der Waals surface area contributed by atoms with E-state index in [2.05, 4.69) is 34.6 Å². The second kappa shape index (κ2) is 6.81. The van der Waals surface area contributed by atoms with E-state index in [1.54, 1.807) is 0 Å². The lowest BCUT2D eigenvalue weighted by atomic mass is 9.57. The van der Waals surface area contributed by atoms with Crippen LogP contribution in [-0.4, -0.2) is 0 Å². The summed E-state index contributed by atoms with van der Waals surface area (Å²) in [6.45, 7) is 12.3. The third-order valence-corrected chi connectivity index (χ3v) is 6.02. The molecule has 1 aliphatic rings. The highest BCUT2D eigenvalue weighted by molar-refractivity contribution is 4.91. The van der Waals surface area contributed by atoms with Gasteiger partial charge in [-0.15, -0.1) is 0 Å². The molecule has 3 unspecified atom stereocenters. The van der Waals surface area contributed by atoms with Crippen molar-refractivity contribution in [2.75, 3.05) is 0 Å². The topological polar surface area (TPSA) is 0 Å². The summed E-state index contributed by atoms with van der Waals surface area (Å²) in [7, 11) is 0. The van der Waals surface area contributed by atoms with Crippen LogP contribution in [0.15, 0.2) is 0 Å². The van der Waals surface area contributed by atoms with Gasteiger partial charge in [0.1, 0.15) is 0 Å². The average Bonchev–Trinajstić information content (AvgIpc) is 2.34. The Hall–Kier alpha value is 0. The summed E-state index contributed by atoms with van der Waals surface area (Å²) in [4.78, 5) is 0. The molecule has 0 heterocycles. The largest absolute Gasteiger partial charge is 0.0651 e. The Morgan fingerprint density at radius 1 is 1.00 bits per heavy atom. The molecule has 17 heavy (non-hydrogen) atoms. The summed E-state index contributed by atoms with van der Waals surface area (Å²) >= 11 is 0. The molecule has 0 heteroatoms. The van der Waals surface area contributed by atoms with Crippen LogP contribution in [0.25, 0.3) is 0 Å². The van der Waals surface area contributed by atoms with Crippen LogP contribution in [0.2, 0.25) is 0 Å². The van der Waals surface area contributed by atoms with Gasteiger partial charge in [0, 0.05) is 0 Å². The van der Waals surface area contributed by atoms with E-state index in [9.17, 15) is 0 Å². The maximum atomic E-state index is 2.54. The highest BCUT2D eigenvalue weighted by Gasteiger charge is 2.42. The van der Waals surface area contributed by atoms with Crippen LogP contribution in [0, 0.1) is 23.2 Å². The first-order valence-electron chi connectivity index (χ1n) is 8.12. The summed E-state index contributed by atoms with van der Waals surface area (Å²) in [6.07, 6.45) is 11.5. The smallest absolute Gasteiger partial charge is 0.0246 e. The second-order valence-corrected chi connectivity index (χ2v) is 6.47. The number of hydrogen-bond acceptors (Lipinski definition) is 0. The second-order valence-electron chi connectivity index (χ2n) is 6.47. The zero-order valence-electron chi connectivity index (χ0n) is 12.9. The summed E-state index contributed by atoms with van der Waals surface area (Å²) < 4.78 is 0. The summed E-state index contributed by atoms with van der Waals surface area (Å²) in [5.41, 5.74) is 0.635. The van der Waals surface area contributed by atoms with E-state index in [1.807, 2.05) is 0 Å². The van der Waals surface area contributed by atoms with Gasteiger partial charge in [0.15, 0.2) is 0 Å². The third kappa shape index (κ3) is 3.06. The first-order valence-corrected chi connectivity index (χ1v) is 8.12. The van der Waals surface area contributed by atoms with Gasteiger partial charge >= 0.3 is 0 Å². The van der Waals surface area contributed by atoms with Crippen molar-refractivity contribution in [3.63, 3.8) is 0 Å². The molecule has 1 fully saturated rings. The highest BCUT2D eigenvalue weighted by atomic mass is 14.5. The van der Waals surface area contributed by atoms with Crippen LogP contribution in [0.5, 0.6) is 0 Å². The molecular weight excluding hydrogens is 204 g/mol. The van der Waals surface area contributed by atoms with Crippen molar-refractivity contribution < 1.29 is 0 Å². The molecule has 0 aliphatic heterocycles. The van der Waals surface area contributed by atoms with Gasteiger partial charge in [0.25, 0.3) is 0 Å². The molecule has 0 nitrogen and oxygen atoms in total. The Morgan fingerprint density at radius 3 is 2.12 bits per heavy atom. The van der Waals surface area contributed by atoms with Crippen LogP contribution in [-0.2, 0) is 0 Å². The fourth-order valence-corrected chi connectivity index (χ4v) is 4.54. The van der Waals surface area contributed by atoms with E-state index in [4.69, 9.17) is 0 Å². The van der Waals surface area contributed by atoms with Crippen LogP contribution >= 0.6 is 0 Å². The van der Waals surface area contributed by atoms with Gasteiger partial charge in [0.2, 0.25) is 0 Å². The Bertz CT molecular complexity index is 202. The lowest BCUT2D eigenvalue weighted by Gasteiger charge is -2.48. The molecule has 102 valence electrons. The summed E-state index contributed by atoms with van der Waals surface area (Å²) in [5, 5.41) is 0. The first kappa shape index (κ1) is 15.1. The molecular formula is C17H34. The minimum Gasteiger partial charge on any atom is -0.0651 e. The minimum absolute atomic E-state index is 0.635. The van der Waals surface area contributed by atoms with E-state index in [1.165, 1.54) is 51.4 Å². The van der Waals surface area contributed by atoms with Crippen LogP contribution in [0.3, 0.4) is 0 Å². The minimum atomic E-state index is 0.635. The Labute approximate surface area is 110 Å². The van der Waals surface area contributed by atoms with Crippen molar-refractivity contribution >= 4 is 0 Å². The predicted molar refractivity (Wildman–Crippen MR) is 78.2 cm³/mol. The maximum absolute atomic E-state index is 2.54. The van der Waals surface area contributed by atoms with E-state index >= 15 is 0 Å². The monoisotopic (exact) mass is 238 g/mol. The predicted octanol–water partition coefficient (Wildman–Crippen LogP) is 6.06. The summed E-state index contributed by atoms with van der Waals surface area (Å²) in [5.74, 6) is 2.81. The van der Waals surface area contributed by atoms with Crippen molar-refractivity contribution in [1.82, 2.24) is 0 Å². The van der Waals surface area contributed by atoms with Crippen molar-refractivity contribution in [3.8, 4) is 0 Å². The van der Waals surface area contributed by atoms with Gasteiger partial charge in [-0.25, -0.2) is 0 Å².